The molecule has 5 heteroatoms. The molecule has 0 aliphatic heterocycles. The standard InChI is InChI=1S/C13H17ClN4/c1-4-15-9(2)11-6-5-7-16-13(11)18-8-12(14)10(3)17-18/h5-9,15H,4H2,1-3H3. The van der Waals surface area contributed by atoms with Gasteiger partial charge in [0, 0.05) is 17.8 Å². The number of nitrogens with one attached hydrogen (secondary N) is 1. The summed E-state index contributed by atoms with van der Waals surface area (Å²) in [4.78, 5) is 4.41. The molecule has 0 spiro atoms. The van der Waals surface area contributed by atoms with Gasteiger partial charge in [-0.2, -0.15) is 5.10 Å². The minimum absolute atomic E-state index is 0.224. The third kappa shape index (κ3) is 2.54. The minimum Gasteiger partial charge on any atom is -0.310 e. The molecule has 0 fully saturated rings. The fraction of sp³-hybridized carbons (Fsp3) is 0.385. The lowest BCUT2D eigenvalue weighted by molar-refractivity contribution is 0.589. The Hall–Kier alpha value is -1.39. The molecule has 1 atom stereocenters. The first-order valence-electron chi connectivity index (χ1n) is 6.04. The van der Waals surface area contributed by atoms with Gasteiger partial charge in [0.05, 0.1) is 16.9 Å². The third-order valence-electron chi connectivity index (χ3n) is 2.85. The Kier molecular flexibility index (Phi) is 3.99. The Bertz CT molecular complexity index is 516. The molecular weight excluding hydrogens is 248 g/mol. The number of nitrogens with zero attached hydrogens (tertiary/aromatic N) is 3. The van der Waals surface area contributed by atoms with E-state index in [9.17, 15) is 0 Å². The summed E-state index contributed by atoms with van der Waals surface area (Å²) in [6, 6.07) is 4.22. The largest absolute Gasteiger partial charge is 0.310 e. The van der Waals surface area contributed by atoms with Gasteiger partial charge in [0.25, 0.3) is 0 Å². The smallest absolute Gasteiger partial charge is 0.158 e. The highest BCUT2D eigenvalue weighted by molar-refractivity contribution is 6.31. The molecule has 0 aliphatic rings. The molecule has 1 unspecified atom stereocenters. The molecule has 2 aromatic rings. The van der Waals surface area contributed by atoms with Crippen LogP contribution in [0.5, 0.6) is 0 Å². The number of pyridine rings is 1. The van der Waals surface area contributed by atoms with Crippen LogP contribution < -0.4 is 5.32 Å². The van der Waals surface area contributed by atoms with Crippen LogP contribution in [0.4, 0.5) is 0 Å². The topological polar surface area (TPSA) is 42.7 Å². The second-order valence-electron chi connectivity index (χ2n) is 4.20. The van der Waals surface area contributed by atoms with Gasteiger partial charge in [-0.15, -0.1) is 0 Å². The zero-order valence-corrected chi connectivity index (χ0v) is 11.6. The van der Waals surface area contributed by atoms with Crippen LogP contribution in [0.25, 0.3) is 5.82 Å². The van der Waals surface area contributed by atoms with Crippen LogP contribution in [0, 0.1) is 6.92 Å². The first kappa shape index (κ1) is 13.1. The van der Waals surface area contributed by atoms with Gasteiger partial charge in [-0.1, -0.05) is 24.6 Å². The fourth-order valence-electron chi connectivity index (χ4n) is 1.90. The van der Waals surface area contributed by atoms with Gasteiger partial charge in [-0.05, 0) is 26.5 Å². The molecule has 2 heterocycles. The lowest BCUT2D eigenvalue weighted by Crippen LogP contribution is -2.20. The SMILES string of the molecule is CCNC(C)c1cccnc1-n1cc(Cl)c(C)n1. The Morgan fingerprint density at radius 2 is 2.28 bits per heavy atom. The van der Waals surface area contributed by atoms with Gasteiger partial charge < -0.3 is 5.32 Å². The average molecular weight is 265 g/mol. The first-order valence-corrected chi connectivity index (χ1v) is 6.41. The van der Waals surface area contributed by atoms with E-state index in [0.29, 0.717) is 5.02 Å². The molecule has 2 rings (SSSR count). The Morgan fingerprint density at radius 3 is 2.89 bits per heavy atom. The van der Waals surface area contributed by atoms with Crippen molar-refractivity contribution in [3.8, 4) is 5.82 Å². The van der Waals surface area contributed by atoms with Crippen molar-refractivity contribution in [2.75, 3.05) is 6.54 Å². The summed E-state index contributed by atoms with van der Waals surface area (Å²) in [6.07, 6.45) is 3.56. The molecule has 18 heavy (non-hydrogen) atoms. The molecule has 2 aromatic heterocycles. The van der Waals surface area contributed by atoms with Crippen LogP contribution in [0.3, 0.4) is 0 Å². The van der Waals surface area contributed by atoms with Crippen molar-refractivity contribution in [1.29, 1.82) is 0 Å². The van der Waals surface area contributed by atoms with Crippen molar-refractivity contribution in [2.45, 2.75) is 26.8 Å². The quantitative estimate of drug-likeness (QED) is 0.923. The first-order chi connectivity index (χ1) is 8.63. The number of hydrogen-bond acceptors (Lipinski definition) is 3. The third-order valence-corrected chi connectivity index (χ3v) is 3.22. The molecule has 96 valence electrons. The maximum atomic E-state index is 6.05. The van der Waals surface area contributed by atoms with E-state index in [1.807, 2.05) is 13.0 Å². The summed E-state index contributed by atoms with van der Waals surface area (Å²) in [6.45, 7) is 6.99. The molecule has 0 saturated carbocycles. The van der Waals surface area contributed by atoms with Crippen LogP contribution in [-0.2, 0) is 0 Å². The Labute approximate surface area is 112 Å². The molecule has 4 nitrogen and oxygen atoms in total. The highest BCUT2D eigenvalue weighted by Crippen LogP contribution is 2.21. The van der Waals surface area contributed by atoms with E-state index in [-0.39, 0.29) is 6.04 Å². The van der Waals surface area contributed by atoms with Crippen LogP contribution >= 0.6 is 11.6 Å². The van der Waals surface area contributed by atoms with Crippen molar-refractivity contribution in [3.63, 3.8) is 0 Å². The van der Waals surface area contributed by atoms with Crippen LogP contribution in [0.2, 0.25) is 5.02 Å². The highest BCUT2D eigenvalue weighted by Gasteiger charge is 2.13. The predicted octanol–water partition coefficient (Wildman–Crippen LogP) is 2.90. The van der Waals surface area contributed by atoms with Gasteiger partial charge in [0.2, 0.25) is 0 Å². The van der Waals surface area contributed by atoms with Crippen LogP contribution in [-0.4, -0.2) is 21.3 Å². The van der Waals surface area contributed by atoms with Gasteiger partial charge in [-0.3, -0.25) is 0 Å². The maximum absolute atomic E-state index is 6.05. The zero-order chi connectivity index (χ0) is 13.1. The van der Waals surface area contributed by atoms with E-state index in [2.05, 4.69) is 35.3 Å². The van der Waals surface area contributed by atoms with Crippen molar-refractivity contribution in [2.24, 2.45) is 0 Å². The molecule has 0 aromatic carbocycles. The molecule has 0 bridgehead atoms. The average Bonchev–Trinajstić information content (AvgIpc) is 2.70. The van der Waals surface area contributed by atoms with Crippen molar-refractivity contribution in [1.82, 2.24) is 20.1 Å². The summed E-state index contributed by atoms with van der Waals surface area (Å²) in [5, 5.41) is 8.41. The van der Waals surface area contributed by atoms with Gasteiger partial charge in [-0.25, -0.2) is 9.67 Å². The summed E-state index contributed by atoms with van der Waals surface area (Å²) in [5.41, 5.74) is 1.92. The Balaban J connectivity index is 2.44. The number of halogens is 1. The summed E-state index contributed by atoms with van der Waals surface area (Å²) < 4.78 is 1.74. The van der Waals surface area contributed by atoms with E-state index in [1.54, 1.807) is 17.1 Å². The monoisotopic (exact) mass is 264 g/mol. The second-order valence-corrected chi connectivity index (χ2v) is 4.61. The van der Waals surface area contributed by atoms with E-state index in [4.69, 9.17) is 11.6 Å². The number of aryl methyl sites for hydroxylation is 1. The molecule has 1 N–H and O–H groups in total. The van der Waals surface area contributed by atoms with Gasteiger partial charge in [0.15, 0.2) is 5.82 Å². The zero-order valence-electron chi connectivity index (χ0n) is 10.8. The van der Waals surface area contributed by atoms with Crippen molar-refractivity contribution in [3.05, 3.63) is 40.8 Å². The highest BCUT2D eigenvalue weighted by atomic mass is 35.5. The second kappa shape index (κ2) is 5.50. The van der Waals surface area contributed by atoms with Crippen LogP contribution in [0.15, 0.2) is 24.5 Å². The van der Waals surface area contributed by atoms with E-state index in [0.717, 1.165) is 23.6 Å². The molecular formula is C13H17ClN4. The summed E-state index contributed by atoms with van der Waals surface area (Å²) in [5.74, 6) is 0.820. The maximum Gasteiger partial charge on any atom is 0.158 e. The Morgan fingerprint density at radius 1 is 1.50 bits per heavy atom. The van der Waals surface area contributed by atoms with E-state index < -0.39 is 0 Å². The predicted molar refractivity (Wildman–Crippen MR) is 73.2 cm³/mol. The number of aromatic nitrogens is 3. The molecule has 0 amide bonds. The lowest BCUT2D eigenvalue weighted by atomic mass is 10.1. The number of hydrogen-bond donors (Lipinski definition) is 1. The normalized spacial score (nSPS) is 12.7. The molecule has 0 aliphatic carbocycles. The van der Waals surface area contributed by atoms with E-state index in [1.165, 1.54) is 0 Å². The molecule has 0 saturated heterocycles. The van der Waals surface area contributed by atoms with Crippen molar-refractivity contribution >= 4 is 11.6 Å². The molecule has 0 radical (unpaired) electrons. The lowest BCUT2D eigenvalue weighted by Gasteiger charge is -2.15. The van der Waals surface area contributed by atoms with Gasteiger partial charge >= 0.3 is 0 Å². The summed E-state index contributed by atoms with van der Waals surface area (Å²) >= 11 is 6.05. The summed E-state index contributed by atoms with van der Waals surface area (Å²) in [7, 11) is 0. The number of rotatable bonds is 4. The minimum atomic E-state index is 0.224. The van der Waals surface area contributed by atoms with Crippen molar-refractivity contribution < 1.29 is 0 Å². The fourth-order valence-corrected chi connectivity index (χ4v) is 2.03. The van der Waals surface area contributed by atoms with Crippen LogP contribution in [0.1, 0.15) is 31.1 Å². The van der Waals surface area contributed by atoms with E-state index >= 15 is 0 Å². The van der Waals surface area contributed by atoms with Gasteiger partial charge in [0.1, 0.15) is 0 Å².